The summed E-state index contributed by atoms with van der Waals surface area (Å²) in [5.74, 6) is -2.49. The number of rotatable bonds is 7. The van der Waals surface area contributed by atoms with Gasteiger partial charge in [-0.3, -0.25) is 19.2 Å². The molecule has 40 heavy (non-hydrogen) atoms. The SMILES string of the molecule is NC(=O)C(c1ccccc1)N1OC2C(=O)N(c3ccc(I)cc3)C(=O)C2C1C(c1ccccc1)C1C=CC=CC1. The molecule has 3 aromatic carbocycles. The normalized spacial score (nSPS) is 25.7. The van der Waals surface area contributed by atoms with E-state index in [1.807, 2.05) is 84.9 Å². The van der Waals surface area contributed by atoms with Crippen LogP contribution in [-0.2, 0) is 19.2 Å². The number of halogens is 1. The average molecular weight is 645 g/mol. The Hall–Kier alpha value is -3.60. The van der Waals surface area contributed by atoms with Gasteiger partial charge in [-0.05, 0) is 70.3 Å². The van der Waals surface area contributed by atoms with Crippen LogP contribution in [0.1, 0.15) is 29.5 Å². The van der Waals surface area contributed by atoms with E-state index >= 15 is 0 Å². The number of fused-ring (bicyclic) bond motifs is 1. The van der Waals surface area contributed by atoms with Crippen LogP contribution >= 0.6 is 22.6 Å². The summed E-state index contributed by atoms with van der Waals surface area (Å²) in [4.78, 5) is 48.8. The molecular weight excluding hydrogens is 617 g/mol. The lowest BCUT2D eigenvalue weighted by atomic mass is 9.72. The molecule has 0 radical (unpaired) electrons. The number of amides is 3. The van der Waals surface area contributed by atoms with E-state index in [9.17, 15) is 14.4 Å². The summed E-state index contributed by atoms with van der Waals surface area (Å²) in [7, 11) is 0. The molecule has 0 saturated carbocycles. The molecular formula is C32H28IN3O4. The van der Waals surface area contributed by atoms with Crippen LogP contribution in [-0.4, -0.2) is 34.9 Å². The summed E-state index contributed by atoms with van der Waals surface area (Å²) in [5.41, 5.74) is 8.15. The summed E-state index contributed by atoms with van der Waals surface area (Å²) in [5, 5.41) is 1.55. The molecule has 6 unspecified atom stereocenters. The van der Waals surface area contributed by atoms with Gasteiger partial charge in [-0.15, -0.1) is 0 Å². The zero-order valence-corrected chi connectivity index (χ0v) is 23.7. The van der Waals surface area contributed by atoms with E-state index in [0.717, 1.165) is 15.6 Å². The summed E-state index contributed by atoms with van der Waals surface area (Å²) in [6, 6.07) is 24.7. The van der Waals surface area contributed by atoms with Gasteiger partial charge in [0, 0.05) is 9.49 Å². The highest BCUT2D eigenvalue weighted by molar-refractivity contribution is 14.1. The Kier molecular flexibility index (Phi) is 7.39. The number of nitrogens with zero attached hydrogens (tertiary/aromatic N) is 2. The Morgan fingerprint density at radius 2 is 1.52 bits per heavy atom. The topological polar surface area (TPSA) is 92.9 Å². The van der Waals surface area contributed by atoms with Crippen LogP contribution in [0, 0.1) is 15.4 Å². The monoisotopic (exact) mass is 645 g/mol. The zero-order chi connectivity index (χ0) is 27.8. The van der Waals surface area contributed by atoms with Crippen molar-refractivity contribution in [1.29, 1.82) is 0 Å². The lowest BCUT2D eigenvalue weighted by Gasteiger charge is -2.39. The number of allylic oxidation sites excluding steroid dienone is 4. The van der Waals surface area contributed by atoms with E-state index in [0.29, 0.717) is 11.3 Å². The Balaban J connectivity index is 1.50. The molecule has 2 aliphatic heterocycles. The average Bonchev–Trinajstić information content (AvgIpc) is 3.46. The number of carbonyl (C=O) groups excluding carboxylic acids is 3. The second kappa shape index (κ2) is 11.1. The van der Waals surface area contributed by atoms with Crippen LogP contribution in [0.4, 0.5) is 5.69 Å². The van der Waals surface area contributed by atoms with Crippen molar-refractivity contribution in [3.05, 3.63) is 124 Å². The van der Waals surface area contributed by atoms with E-state index in [2.05, 4.69) is 34.7 Å². The first-order chi connectivity index (χ1) is 19.5. The Labute approximate surface area is 246 Å². The van der Waals surface area contributed by atoms with Crippen molar-refractivity contribution in [2.24, 2.45) is 17.6 Å². The lowest BCUT2D eigenvalue weighted by molar-refractivity contribution is -0.198. The number of carbonyl (C=O) groups is 3. The minimum absolute atomic E-state index is 0.00167. The first-order valence-corrected chi connectivity index (χ1v) is 14.3. The molecule has 0 spiro atoms. The van der Waals surface area contributed by atoms with Crippen LogP contribution in [0.3, 0.4) is 0 Å². The highest BCUT2D eigenvalue weighted by Gasteiger charge is 2.63. The van der Waals surface area contributed by atoms with Crippen molar-refractivity contribution >= 4 is 46.0 Å². The number of benzene rings is 3. The van der Waals surface area contributed by atoms with Crippen molar-refractivity contribution in [2.75, 3.05) is 4.90 Å². The van der Waals surface area contributed by atoms with Crippen molar-refractivity contribution in [3.8, 4) is 0 Å². The maximum Gasteiger partial charge on any atom is 0.265 e. The maximum absolute atomic E-state index is 14.2. The number of imide groups is 1. The van der Waals surface area contributed by atoms with Crippen LogP contribution < -0.4 is 10.6 Å². The third kappa shape index (κ3) is 4.70. The van der Waals surface area contributed by atoms with E-state index in [4.69, 9.17) is 10.6 Å². The van der Waals surface area contributed by atoms with Crippen molar-refractivity contribution in [3.63, 3.8) is 0 Å². The zero-order valence-electron chi connectivity index (χ0n) is 21.5. The number of hydroxylamine groups is 2. The van der Waals surface area contributed by atoms with E-state index < -0.39 is 35.9 Å². The van der Waals surface area contributed by atoms with Crippen LogP contribution in [0.15, 0.2) is 109 Å². The first-order valence-electron chi connectivity index (χ1n) is 13.3. The fourth-order valence-electron chi connectivity index (χ4n) is 6.23. The molecule has 0 aromatic heterocycles. The highest BCUT2D eigenvalue weighted by Crippen LogP contribution is 2.49. The summed E-state index contributed by atoms with van der Waals surface area (Å²) >= 11 is 2.19. The molecule has 6 rings (SSSR count). The molecule has 202 valence electrons. The molecule has 2 N–H and O–H groups in total. The highest BCUT2D eigenvalue weighted by atomic mass is 127. The predicted molar refractivity (Wildman–Crippen MR) is 160 cm³/mol. The number of primary amides is 1. The summed E-state index contributed by atoms with van der Waals surface area (Å²) < 4.78 is 0.995. The Morgan fingerprint density at radius 1 is 0.875 bits per heavy atom. The van der Waals surface area contributed by atoms with Gasteiger partial charge in [-0.1, -0.05) is 85.0 Å². The van der Waals surface area contributed by atoms with Crippen LogP contribution in [0.2, 0.25) is 0 Å². The van der Waals surface area contributed by atoms with Crippen molar-refractivity contribution in [1.82, 2.24) is 5.06 Å². The quantitative estimate of drug-likeness (QED) is 0.292. The Morgan fingerprint density at radius 3 is 2.12 bits per heavy atom. The van der Waals surface area contributed by atoms with Gasteiger partial charge in [0.1, 0.15) is 6.04 Å². The van der Waals surface area contributed by atoms with E-state index in [1.165, 1.54) is 4.90 Å². The smallest absolute Gasteiger partial charge is 0.265 e. The van der Waals surface area contributed by atoms with Crippen molar-refractivity contribution in [2.45, 2.75) is 30.5 Å². The third-order valence-electron chi connectivity index (χ3n) is 7.94. The van der Waals surface area contributed by atoms with Gasteiger partial charge in [-0.25, -0.2) is 4.90 Å². The molecule has 3 aromatic rings. The number of nitrogens with two attached hydrogens (primary N) is 1. The van der Waals surface area contributed by atoms with Gasteiger partial charge in [0.2, 0.25) is 11.8 Å². The minimum atomic E-state index is -1.07. The van der Waals surface area contributed by atoms with Crippen LogP contribution in [0.5, 0.6) is 0 Å². The van der Waals surface area contributed by atoms with Crippen molar-refractivity contribution < 1.29 is 19.2 Å². The third-order valence-corrected chi connectivity index (χ3v) is 8.66. The van der Waals surface area contributed by atoms with Gasteiger partial charge in [-0.2, -0.15) is 5.06 Å². The van der Waals surface area contributed by atoms with E-state index in [1.54, 1.807) is 17.2 Å². The maximum atomic E-state index is 14.2. The summed E-state index contributed by atoms with van der Waals surface area (Å²) in [6.07, 6.45) is 7.90. The number of hydrogen-bond acceptors (Lipinski definition) is 5. The molecule has 1 aliphatic carbocycles. The molecule has 2 saturated heterocycles. The standard InChI is InChI=1S/C32H28IN3O4/c33-23-16-18-24(19-17-23)35-31(38)26-28(25(20-10-4-1-5-11-20)21-12-6-2-7-13-21)36(40-29(26)32(35)39)27(30(34)37)22-14-8-3-9-15-22/h1-12,14-19,21,25-29H,13H2,(H2,34,37). The van der Waals surface area contributed by atoms with Gasteiger partial charge < -0.3 is 5.73 Å². The number of anilines is 1. The van der Waals surface area contributed by atoms with Gasteiger partial charge in [0.25, 0.3) is 5.91 Å². The fourth-order valence-corrected chi connectivity index (χ4v) is 6.59. The fraction of sp³-hybridized carbons (Fsp3) is 0.219. The predicted octanol–water partition coefficient (Wildman–Crippen LogP) is 4.91. The second-order valence-electron chi connectivity index (χ2n) is 10.3. The summed E-state index contributed by atoms with van der Waals surface area (Å²) in [6.45, 7) is 0. The second-order valence-corrected chi connectivity index (χ2v) is 11.5. The molecule has 7 nitrogen and oxygen atoms in total. The first kappa shape index (κ1) is 26.6. The molecule has 2 heterocycles. The molecule has 0 bridgehead atoms. The minimum Gasteiger partial charge on any atom is -0.368 e. The molecule has 6 atom stereocenters. The lowest BCUT2D eigenvalue weighted by Crippen LogP contribution is -2.49. The van der Waals surface area contributed by atoms with E-state index in [-0.39, 0.29) is 17.7 Å². The Bertz CT molecular complexity index is 1480. The van der Waals surface area contributed by atoms with Gasteiger partial charge in [0.15, 0.2) is 6.10 Å². The molecule has 3 amide bonds. The molecule has 8 heteroatoms. The molecule has 2 fully saturated rings. The van der Waals surface area contributed by atoms with Gasteiger partial charge >= 0.3 is 0 Å². The molecule has 3 aliphatic rings. The number of hydrogen-bond donors (Lipinski definition) is 1. The largest absolute Gasteiger partial charge is 0.368 e. The van der Waals surface area contributed by atoms with Crippen LogP contribution in [0.25, 0.3) is 0 Å². The van der Waals surface area contributed by atoms with Gasteiger partial charge in [0.05, 0.1) is 17.6 Å².